The number of carbonyl (C=O) groups is 3. The van der Waals surface area contributed by atoms with Crippen molar-refractivity contribution < 1.29 is 29.1 Å². The number of hydrogen-bond donors (Lipinski definition) is 3. The van der Waals surface area contributed by atoms with Gasteiger partial charge in [-0.15, -0.1) is 0 Å². The predicted octanol–water partition coefficient (Wildman–Crippen LogP) is 2.20. The Labute approximate surface area is 189 Å². The number of amides is 2. The van der Waals surface area contributed by atoms with E-state index in [2.05, 4.69) is 27.4 Å². The summed E-state index contributed by atoms with van der Waals surface area (Å²) in [7, 11) is 1.61. The van der Waals surface area contributed by atoms with E-state index >= 15 is 0 Å². The van der Waals surface area contributed by atoms with E-state index in [1.807, 2.05) is 41.9 Å². The van der Waals surface area contributed by atoms with E-state index < -0.39 is 24.6 Å². The molecule has 0 radical (unpaired) electrons. The first-order valence-corrected chi connectivity index (χ1v) is 10.2. The van der Waals surface area contributed by atoms with E-state index in [1.54, 1.807) is 7.05 Å². The molecular formula is C23H22N4O6. The number of aromatic nitrogens is 2. The highest BCUT2D eigenvalue weighted by atomic mass is 16.7. The third-order valence-corrected chi connectivity index (χ3v) is 5.41. The van der Waals surface area contributed by atoms with Crippen molar-refractivity contribution in [2.75, 3.05) is 13.2 Å². The number of aryl methyl sites for hydroxylation is 1. The molecule has 4 rings (SSSR count). The molecule has 2 amide bonds. The Bertz CT molecular complexity index is 1160. The Hall–Kier alpha value is -4.18. The number of hydrogen-bond acceptors (Lipinski definition) is 6. The average Bonchev–Trinajstić information content (AvgIpc) is 3.33. The van der Waals surface area contributed by atoms with Crippen molar-refractivity contribution in [1.29, 1.82) is 0 Å². The number of carboxylic acid groups (broad SMARTS) is 1. The quantitative estimate of drug-likeness (QED) is 0.448. The second kappa shape index (κ2) is 9.53. The van der Waals surface area contributed by atoms with Crippen LogP contribution in [-0.2, 0) is 28.0 Å². The highest BCUT2D eigenvalue weighted by Crippen LogP contribution is 2.44. The van der Waals surface area contributed by atoms with Gasteiger partial charge in [0.05, 0.1) is 24.0 Å². The smallest absolute Gasteiger partial charge is 0.407 e. The molecule has 10 heteroatoms. The lowest BCUT2D eigenvalue weighted by molar-refractivity contribution is -0.144. The molecule has 0 unspecified atom stereocenters. The summed E-state index contributed by atoms with van der Waals surface area (Å²) in [5.41, 5.74) is 7.07. The summed E-state index contributed by atoms with van der Waals surface area (Å²) in [6, 6.07) is 16.1. The molecule has 3 N–H and O–H groups in total. The van der Waals surface area contributed by atoms with E-state index in [0.717, 1.165) is 22.3 Å². The first kappa shape index (κ1) is 22.0. The third-order valence-electron chi connectivity index (χ3n) is 5.41. The number of nitrogens with one attached hydrogen (secondary N) is 2. The van der Waals surface area contributed by atoms with Crippen molar-refractivity contribution in [3.8, 4) is 11.1 Å². The van der Waals surface area contributed by atoms with E-state index in [4.69, 9.17) is 9.84 Å². The summed E-state index contributed by atoms with van der Waals surface area (Å²) in [6.45, 7) is -0.532. The van der Waals surface area contributed by atoms with Crippen LogP contribution in [-0.4, -0.2) is 46.1 Å². The summed E-state index contributed by atoms with van der Waals surface area (Å²) in [5, 5.41) is 15.2. The van der Waals surface area contributed by atoms with Gasteiger partial charge in [0.1, 0.15) is 6.61 Å². The Kier molecular flexibility index (Phi) is 6.36. The summed E-state index contributed by atoms with van der Waals surface area (Å²) < 4.78 is 6.93. The Morgan fingerprint density at radius 2 is 1.70 bits per heavy atom. The second-order valence-corrected chi connectivity index (χ2v) is 7.42. The summed E-state index contributed by atoms with van der Waals surface area (Å²) in [4.78, 5) is 39.7. The monoisotopic (exact) mass is 450 g/mol. The van der Waals surface area contributed by atoms with Gasteiger partial charge >= 0.3 is 12.1 Å². The molecule has 10 nitrogen and oxygen atoms in total. The fourth-order valence-corrected chi connectivity index (χ4v) is 3.89. The molecule has 2 aromatic carbocycles. The van der Waals surface area contributed by atoms with Crippen LogP contribution in [0.2, 0.25) is 0 Å². The van der Waals surface area contributed by atoms with Gasteiger partial charge in [-0.3, -0.25) is 14.3 Å². The largest absolute Gasteiger partial charge is 0.479 e. The van der Waals surface area contributed by atoms with Gasteiger partial charge in [-0.25, -0.2) is 15.1 Å². The summed E-state index contributed by atoms with van der Waals surface area (Å²) in [5.74, 6) is -1.96. The van der Waals surface area contributed by atoms with Crippen molar-refractivity contribution in [2.24, 2.45) is 7.05 Å². The number of alkyl carbamates (subject to hydrolysis) is 1. The van der Waals surface area contributed by atoms with Gasteiger partial charge in [0.15, 0.2) is 6.61 Å². The Morgan fingerprint density at radius 3 is 2.33 bits per heavy atom. The van der Waals surface area contributed by atoms with Crippen molar-refractivity contribution in [1.82, 2.24) is 20.6 Å². The van der Waals surface area contributed by atoms with E-state index in [1.165, 1.54) is 10.9 Å². The van der Waals surface area contributed by atoms with Gasteiger partial charge in [0, 0.05) is 13.0 Å². The number of carboxylic acids is 1. The number of carbonyl (C=O) groups excluding carboxylic acids is 2. The maximum Gasteiger partial charge on any atom is 0.407 e. The van der Waals surface area contributed by atoms with Crippen molar-refractivity contribution >= 4 is 18.0 Å². The van der Waals surface area contributed by atoms with Crippen LogP contribution >= 0.6 is 0 Å². The molecule has 3 aromatic rings. The average molecular weight is 450 g/mol. The van der Waals surface area contributed by atoms with Crippen LogP contribution in [0.25, 0.3) is 11.1 Å². The molecular weight excluding hydrogens is 428 g/mol. The SMILES string of the molecule is Cn1ncc(C(=O)NOCC(=O)O)c1CNC(=O)OCC1c2ccccc2-c2ccccc21. The van der Waals surface area contributed by atoms with Crippen molar-refractivity contribution in [3.63, 3.8) is 0 Å². The van der Waals surface area contributed by atoms with Gasteiger partial charge in [-0.1, -0.05) is 48.5 Å². The lowest BCUT2D eigenvalue weighted by Gasteiger charge is -2.15. The van der Waals surface area contributed by atoms with Crippen LogP contribution in [0.5, 0.6) is 0 Å². The van der Waals surface area contributed by atoms with Gasteiger partial charge in [-0.05, 0) is 22.3 Å². The third kappa shape index (κ3) is 4.70. The predicted molar refractivity (Wildman–Crippen MR) is 116 cm³/mol. The van der Waals surface area contributed by atoms with Crippen molar-refractivity contribution in [2.45, 2.75) is 12.5 Å². The summed E-state index contributed by atoms with van der Waals surface area (Å²) in [6.07, 6.45) is 0.667. The number of aliphatic carboxylic acids is 1. The van der Waals surface area contributed by atoms with Gasteiger partial charge < -0.3 is 15.2 Å². The van der Waals surface area contributed by atoms with Crippen LogP contribution in [0.3, 0.4) is 0 Å². The maximum absolute atomic E-state index is 12.4. The van der Waals surface area contributed by atoms with E-state index in [9.17, 15) is 14.4 Å². The molecule has 33 heavy (non-hydrogen) atoms. The van der Waals surface area contributed by atoms with Crippen LogP contribution in [0, 0.1) is 0 Å². The standard InChI is InChI=1S/C23H22N4O6/c1-27-20(18(10-25-27)22(30)26-33-13-21(28)29)11-24-23(31)32-12-19-16-8-4-2-6-14(16)15-7-3-5-9-17(15)19/h2-10,19H,11-13H2,1H3,(H,24,31)(H,26,30)(H,28,29). The number of nitrogens with zero attached hydrogens (tertiary/aromatic N) is 2. The number of ether oxygens (including phenoxy) is 1. The Balaban J connectivity index is 1.36. The van der Waals surface area contributed by atoms with Crippen LogP contribution in [0.15, 0.2) is 54.7 Å². The number of benzene rings is 2. The van der Waals surface area contributed by atoms with Crippen LogP contribution < -0.4 is 10.8 Å². The first-order valence-electron chi connectivity index (χ1n) is 10.2. The van der Waals surface area contributed by atoms with Gasteiger partial charge in [0.25, 0.3) is 5.91 Å². The minimum absolute atomic E-state index is 0.0190. The second-order valence-electron chi connectivity index (χ2n) is 7.42. The molecule has 1 heterocycles. The molecule has 0 aliphatic heterocycles. The minimum atomic E-state index is -1.22. The maximum atomic E-state index is 12.4. The normalized spacial score (nSPS) is 12.0. The number of fused-ring (bicyclic) bond motifs is 3. The lowest BCUT2D eigenvalue weighted by atomic mass is 9.98. The highest BCUT2D eigenvalue weighted by molar-refractivity contribution is 5.94. The fraction of sp³-hybridized carbons (Fsp3) is 0.217. The molecule has 0 saturated carbocycles. The zero-order valence-corrected chi connectivity index (χ0v) is 17.8. The summed E-state index contributed by atoms with van der Waals surface area (Å²) >= 11 is 0. The molecule has 0 bridgehead atoms. The molecule has 170 valence electrons. The fourth-order valence-electron chi connectivity index (χ4n) is 3.89. The highest BCUT2D eigenvalue weighted by Gasteiger charge is 2.29. The van der Waals surface area contributed by atoms with Crippen molar-refractivity contribution in [3.05, 3.63) is 77.1 Å². The number of hydroxylamine groups is 1. The zero-order valence-electron chi connectivity index (χ0n) is 17.8. The molecule has 0 spiro atoms. The first-order chi connectivity index (χ1) is 16.0. The zero-order chi connectivity index (χ0) is 23.4. The molecule has 1 aliphatic carbocycles. The van der Waals surface area contributed by atoms with Crippen LogP contribution in [0.4, 0.5) is 4.79 Å². The minimum Gasteiger partial charge on any atom is -0.479 e. The van der Waals surface area contributed by atoms with Gasteiger partial charge in [0.2, 0.25) is 0 Å². The molecule has 0 fully saturated rings. The topological polar surface area (TPSA) is 132 Å². The molecule has 0 atom stereocenters. The van der Waals surface area contributed by atoms with E-state index in [0.29, 0.717) is 5.69 Å². The van der Waals surface area contributed by atoms with Gasteiger partial charge in [-0.2, -0.15) is 5.10 Å². The van der Waals surface area contributed by atoms with E-state index in [-0.39, 0.29) is 24.6 Å². The molecule has 0 saturated heterocycles. The van der Waals surface area contributed by atoms with Crippen LogP contribution in [0.1, 0.15) is 33.1 Å². The lowest BCUT2D eigenvalue weighted by Crippen LogP contribution is -2.30. The molecule has 1 aromatic heterocycles. The Morgan fingerprint density at radius 1 is 1.06 bits per heavy atom. The molecule has 1 aliphatic rings. The number of rotatable bonds is 8.